The number of oxime groups is 1. The fourth-order valence-electron chi connectivity index (χ4n) is 0.720. The van der Waals surface area contributed by atoms with Crippen molar-refractivity contribution < 1.29 is 5.21 Å². The molecule has 0 unspecified atom stereocenters. The summed E-state index contributed by atoms with van der Waals surface area (Å²) in [6.45, 7) is 0. The van der Waals surface area contributed by atoms with Crippen molar-refractivity contribution >= 4 is 38.1 Å². The molecule has 0 saturated carbocycles. The van der Waals surface area contributed by atoms with Crippen LogP contribution in [0.2, 0.25) is 0 Å². The number of halogens is 2. The van der Waals surface area contributed by atoms with Gasteiger partial charge in [-0.15, -0.1) is 5.16 Å². The third kappa shape index (κ3) is 2.57. The Balaban J connectivity index is 2.86. The normalized spacial score (nSPS) is 10.8. The first-order valence-electron chi connectivity index (χ1n) is 3.20. The minimum Gasteiger partial charge on any atom is -0.411 e. The molecule has 1 N–H and O–H groups in total. The van der Waals surface area contributed by atoms with Crippen molar-refractivity contribution in [2.45, 2.75) is 6.42 Å². The smallest absolute Gasteiger partial charge is 0.0600 e. The Bertz CT molecular complexity index is 301. The van der Waals surface area contributed by atoms with Gasteiger partial charge in [0.25, 0.3) is 0 Å². The minimum absolute atomic E-state index is 0.518. The Morgan fingerprint density at radius 3 is 2.92 bits per heavy atom. The van der Waals surface area contributed by atoms with Crippen LogP contribution in [0.15, 0.2) is 26.4 Å². The highest BCUT2D eigenvalue weighted by Gasteiger charge is 1.99. The number of pyridine rings is 1. The lowest BCUT2D eigenvalue weighted by Crippen LogP contribution is -1.92. The molecule has 0 saturated heterocycles. The van der Waals surface area contributed by atoms with Crippen LogP contribution >= 0.6 is 31.9 Å². The summed E-state index contributed by atoms with van der Waals surface area (Å²) in [4.78, 5) is 4.12. The van der Waals surface area contributed by atoms with Crippen LogP contribution in [0.4, 0.5) is 0 Å². The van der Waals surface area contributed by atoms with Gasteiger partial charge in [0, 0.05) is 27.8 Å². The summed E-state index contributed by atoms with van der Waals surface area (Å²) >= 11 is 6.63. The van der Waals surface area contributed by atoms with Crippen LogP contribution in [0.5, 0.6) is 0 Å². The van der Waals surface area contributed by atoms with Crippen LogP contribution in [-0.4, -0.2) is 16.4 Å². The molecule has 0 spiro atoms. The Morgan fingerprint density at radius 1 is 1.58 bits per heavy atom. The molecule has 12 heavy (non-hydrogen) atoms. The number of nitrogens with zero attached hydrogens (tertiary/aromatic N) is 2. The van der Waals surface area contributed by atoms with Gasteiger partial charge in [0.05, 0.1) is 5.69 Å². The van der Waals surface area contributed by atoms with E-state index in [-0.39, 0.29) is 0 Å². The van der Waals surface area contributed by atoms with Crippen molar-refractivity contribution in [1.29, 1.82) is 0 Å². The lowest BCUT2D eigenvalue weighted by atomic mass is 10.3. The first-order valence-corrected chi connectivity index (χ1v) is 4.78. The largest absolute Gasteiger partial charge is 0.411 e. The van der Waals surface area contributed by atoms with Crippen LogP contribution in [0, 0.1) is 0 Å². The first-order chi connectivity index (χ1) is 5.74. The number of rotatable bonds is 2. The van der Waals surface area contributed by atoms with Crippen LogP contribution in [0.25, 0.3) is 0 Å². The van der Waals surface area contributed by atoms with Crippen molar-refractivity contribution in [2.75, 3.05) is 0 Å². The third-order valence-corrected chi connectivity index (χ3v) is 2.37. The molecular weight excluding hydrogens is 288 g/mol. The molecule has 0 amide bonds. The maximum absolute atomic E-state index is 8.19. The molecule has 0 aliphatic carbocycles. The van der Waals surface area contributed by atoms with E-state index in [1.54, 1.807) is 6.20 Å². The molecule has 0 fully saturated rings. The summed E-state index contributed by atoms with van der Waals surface area (Å²) in [7, 11) is 0. The van der Waals surface area contributed by atoms with E-state index in [1.807, 2.05) is 6.07 Å². The molecule has 5 heteroatoms. The summed E-state index contributed by atoms with van der Waals surface area (Å²) in [5.41, 5.74) is 0.844. The Morgan fingerprint density at radius 2 is 2.33 bits per heavy atom. The quantitative estimate of drug-likeness (QED) is 0.517. The molecule has 0 radical (unpaired) electrons. The van der Waals surface area contributed by atoms with Gasteiger partial charge in [0.1, 0.15) is 0 Å². The van der Waals surface area contributed by atoms with E-state index in [1.165, 1.54) is 6.21 Å². The highest BCUT2D eigenvalue weighted by molar-refractivity contribution is 9.11. The maximum Gasteiger partial charge on any atom is 0.0600 e. The SMILES string of the molecule is O/N=C\Cc1ncc(Br)cc1Br. The predicted octanol–water partition coefficient (Wildman–Crippen LogP) is 2.61. The molecule has 0 aliphatic rings. The van der Waals surface area contributed by atoms with Gasteiger partial charge in [-0.25, -0.2) is 0 Å². The molecular formula is C7H6Br2N2O. The second kappa shape index (κ2) is 4.57. The molecule has 0 aliphatic heterocycles. The van der Waals surface area contributed by atoms with Crippen molar-refractivity contribution in [2.24, 2.45) is 5.16 Å². The van der Waals surface area contributed by atoms with Gasteiger partial charge >= 0.3 is 0 Å². The van der Waals surface area contributed by atoms with E-state index in [0.29, 0.717) is 6.42 Å². The monoisotopic (exact) mass is 292 g/mol. The molecule has 0 aromatic carbocycles. The van der Waals surface area contributed by atoms with E-state index in [4.69, 9.17) is 5.21 Å². The zero-order valence-corrected chi connectivity index (χ0v) is 9.21. The van der Waals surface area contributed by atoms with E-state index in [9.17, 15) is 0 Å². The highest BCUT2D eigenvalue weighted by atomic mass is 79.9. The molecule has 1 rings (SSSR count). The molecule has 1 heterocycles. The topological polar surface area (TPSA) is 45.5 Å². The summed E-state index contributed by atoms with van der Waals surface area (Å²) in [5, 5.41) is 11.1. The predicted molar refractivity (Wildman–Crippen MR) is 53.6 cm³/mol. The second-order valence-electron chi connectivity index (χ2n) is 2.08. The van der Waals surface area contributed by atoms with Gasteiger partial charge in [-0.3, -0.25) is 4.98 Å². The van der Waals surface area contributed by atoms with Crippen molar-refractivity contribution in [3.05, 3.63) is 26.9 Å². The Labute approximate surface area is 86.8 Å². The Hall–Kier alpha value is -0.420. The van der Waals surface area contributed by atoms with Gasteiger partial charge < -0.3 is 5.21 Å². The molecule has 3 nitrogen and oxygen atoms in total. The fourth-order valence-corrected chi connectivity index (χ4v) is 1.87. The van der Waals surface area contributed by atoms with E-state index in [0.717, 1.165) is 14.6 Å². The summed E-state index contributed by atoms with van der Waals surface area (Å²) in [6, 6.07) is 1.90. The van der Waals surface area contributed by atoms with Gasteiger partial charge in [-0.05, 0) is 37.9 Å². The molecule has 0 atom stereocenters. The fraction of sp³-hybridized carbons (Fsp3) is 0.143. The van der Waals surface area contributed by atoms with Crippen LogP contribution in [0.1, 0.15) is 5.69 Å². The lowest BCUT2D eigenvalue weighted by molar-refractivity contribution is 0.320. The summed E-state index contributed by atoms with van der Waals surface area (Å²) < 4.78 is 1.82. The average molecular weight is 294 g/mol. The zero-order chi connectivity index (χ0) is 8.97. The van der Waals surface area contributed by atoms with Gasteiger partial charge in [-0.1, -0.05) is 0 Å². The van der Waals surface area contributed by atoms with E-state index in [2.05, 4.69) is 42.0 Å². The zero-order valence-electron chi connectivity index (χ0n) is 6.04. The molecule has 1 aromatic heterocycles. The molecule has 64 valence electrons. The van der Waals surface area contributed by atoms with E-state index >= 15 is 0 Å². The van der Waals surface area contributed by atoms with Gasteiger partial charge in [0.2, 0.25) is 0 Å². The maximum atomic E-state index is 8.19. The number of hydrogen-bond acceptors (Lipinski definition) is 3. The summed E-state index contributed by atoms with van der Waals surface area (Å²) in [5.74, 6) is 0. The van der Waals surface area contributed by atoms with Gasteiger partial charge in [-0.2, -0.15) is 0 Å². The number of aromatic nitrogens is 1. The molecule has 1 aromatic rings. The molecule has 0 bridgehead atoms. The van der Waals surface area contributed by atoms with Gasteiger partial charge in [0.15, 0.2) is 0 Å². The van der Waals surface area contributed by atoms with Crippen LogP contribution < -0.4 is 0 Å². The minimum atomic E-state index is 0.518. The lowest BCUT2D eigenvalue weighted by Gasteiger charge is -1.98. The standard InChI is InChI=1S/C7H6Br2N2O/c8-5-3-6(9)7(10-4-5)1-2-11-12/h2-4,12H,1H2/b11-2-. The van der Waals surface area contributed by atoms with Crippen LogP contribution in [0.3, 0.4) is 0 Å². The van der Waals surface area contributed by atoms with Crippen molar-refractivity contribution in [1.82, 2.24) is 4.98 Å². The number of hydrogen-bond donors (Lipinski definition) is 1. The summed E-state index contributed by atoms with van der Waals surface area (Å²) in [6.07, 6.45) is 3.61. The first kappa shape index (κ1) is 9.67. The van der Waals surface area contributed by atoms with Crippen LogP contribution in [-0.2, 0) is 6.42 Å². The van der Waals surface area contributed by atoms with Crippen molar-refractivity contribution in [3.63, 3.8) is 0 Å². The third-order valence-electron chi connectivity index (χ3n) is 1.25. The Kier molecular flexibility index (Phi) is 3.68. The average Bonchev–Trinajstić information content (AvgIpc) is 2.03. The van der Waals surface area contributed by atoms with Crippen molar-refractivity contribution in [3.8, 4) is 0 Å². The van der Waals surface area contributed by atoms with E-state index < -0.39 is 0 Å². The highest BCUT2D eigenvalue weighted by Crippen LogP contribution is 2.19. The second-order valence-corrected chi connectivity index (χ2v) is 3.85.